The molecule has 0 bridgehead atoms. The lowest BCUT2D eigenvalue weighted by Gasteiger charge is -2.23. The van der Waals surface area contributed by atoms with E-state index in [1.165, 1.54) is 11.1 Å². The van der Waals surface area contributed by atoms with Crippen LogP contribution in [0.3, 0.4) is 0 Å². The Hall–Kier alpha value is -2.78. The third-order valence-corrected chi connectivity index (χ3v) is 4.49. The average molecular weight is 310 g/mol. The highest BCUT2D eigenvalue weighted by atomic mass is 14.2. The highest BCUT2D eigenvalue weighted by Crippen LogP contribution is 2.34. The molecule has 0 aromatic heterocycles. The van der Waals surface area contributed by atoms with Gasteiger partial charge in [-0.3, -0.25) is 0 Å². The minimum atomic E-state index is 0.393. The van der Waals surface area contributed by atoms with Gasteiger partial charge in [0.1, 0.15) is 0 Å². The van der Waals surface area contributed by atoms with Crippen LogP contribution < -0.4 is 0 Å². The van der Waals surface area contributed by atoms with E-state index in [1.807, 2.05) is 18.2 Å². The predicted octanol–water partition coefficient (Wildman–Crippen LogP) is 6.02. The van der Waals surface area contributed by atoms with Crippen molar-refractivity contribution in [3.63, 3.8) is 0 Å². The molecule has 3 aromatic rings. The summed E-state index contributed by atoms with van der Waals surface area (Å²) in [7, 11) is 0. The van der Waals surface area contributed by atoms with Crippen molar-refractivity contribution in [1.82, 2.24) is 0 Å². The van der Waals surface area contributed by atoms with Crippen LogP contribution in [0.25, 0.3) is 0 Å². The van der Waals surface area contributed by atoms with Gasteiger partial charge >= 0.3 is 0 Å². The summed E-state index contributed by atoms with van der Waals surface area (Å²) in [5.41, 5.74) is 3.81. The number of benzene rings is 3. The maximum absolute atomic E-state index is 3.40. The van der Waals surface area contributed by atoms with Crippen LogP contribution in [0.2, 0.25) is 0 Å². The van der Waals surface area contributed by atoms with E-state index in [0.29, 0.717) is 11.8 Å². The normalized spacial score (nSPS) is 12.7. The first kappa shape index (κ1) is 16.1. The van der Waals surface area contributed by atoms with Crippen molar-refractivity contribution in [2.24, 2.45) is 0 Å². The molecule has 0 saturated heterocycles. The zero-order chi connectivity index (χ0) is 16.6. The number of rotatable bonds is 4. The predicted molar refractivity (Wildman–Crippen MR) is 102 cm³/mol. The number of hydrogen-bond acceptors (Lipinski definition) is 0. The Labute approximate surface area is 145 Å². The van der Waals surface area contributed by atoms with Gasteiger partial charge < -0.3 is 0 Å². The average Bonchev–Trinajstić information content (AvgIpc) is 2.67. The summed E-state index contributed by atoms with van der Waals surface area (Å²) < 4.78 is 0. The smallest absolute Gasteiger partial charge is 0.0245 e. The van der Waals surface area contributed by atoms with E-state index in [0.717, 1.165) is 12.0 Å². The van der Waals surface area contributed by atoms with Crippen molar-refractivity contribution in [3.8, 4) is 11.8 Å². The second-order valence-corrected chi connectivity index (χ2v) is 6.09. The van der Waals surface area contributed by atoms with Gasteiger partial charge in [0.2, 0.25) is 0 Å². The third-order valence-electron chi connectivity index (χ3n) is 4.49. The molecule has 3 aromatic carbocycles. The minimum absolute atomic E-state index is 0.393. The van der Waals surface area contributed by atoms with Crippen LogP contribution in [-0.4, -0.2) is 0 Å². The van der Waals surface area contributed by atoms with Crippen molar-refractivity contribution in [2.45, 2.75) is 25.2 Å². The molecule has 0 amide bonds. The van der Waals surface area contributed by atoms with Crippen molar-refractivity contribution in [1.29, 1.82) is 0 Å². The molecule has 0 fully saturated rings. The molecule has 0 nitrogen and oxygen atoms in total. The molecule has 0 N–H and O–H groups in total. The first-order chi connectivity index (χ1) is 11.8. The summed E-state index contributed by atoms with van der Waals surface area (Å²) in [4.78, 5) is 0. The van der Waals surface area contributed by atoms with Crippen LogP contribution >= 0.6 is 0 Å². The van der Waals surface area contributed by atoms with Crippen LogP contribution in [0.4, 0.5) is 0 Å². The SMILES string of the molecule is C[C@@H](c1ccccc1)[C@H](CC#Cc1ccccc1)c1ccccc1. The van der Waals surface area contributed by atoms with Crippen molar-refractivity contribution >= 4 is 0 Å². The molecule has 0 saturated carbocycles. The summed E-state index contributed by atoms with van der Waals surface area (Å²) >= 11 is 0. The fourth-order valence-corrected chi connectivity index (χ4v) is 3.06. The first-order valence-electron chi connectivity index (χ1n) is 8.48. The van der Waals surface area contributed by atoms with Gasteiger partial charge in [-0.05, 0) is 29.2 Å². The van der Waals surface area contributed by atoms with Gasteiger partial charge in [0, 0.05) is 17.9 Å². The fourth-order valence-electron chi connectivity index (χ4n) is 3.06. The highest BCUT2D eigenvalue weighted by molar-refractivity contribution is 5.35. The van der Waals surface area contributed by atoms with Gasteiger partial charge in [0.05, 0.1) is 0 Å². The van der Waals surface area contributed by atoms with Crippen LogP contribution in [0, 0.1) is 11.8 Å². The van der Waals surface area contributed by atoms with Gasteiger partial charge in [0.15, 0.2) is 0 Å². The second-order valence-electron chi connectivity index (χ2n) is 6.09. The van der Waals surface area contributed by atoms with E-state index < -0.39 is 0 Å². The van der Waals surface area contributed by atoms with Gasteiger partial charge in [0.25, 0.3) is 0 Å². The minimum Gasteiger partial charge on any atom is -0.0972 e. The summed E-state index contributed by atoms with van der Waals surface area (Å²) in [5.74, 6) is 7.52. The van der Waals surface area contributed by atoms with Crippen LogP contribution in [0.15, 0.2) is 91.0 Å². The largest absolute Gasteiger partial charge is 0.0972 e. The summed E-state index contributed by atoms with van der Waals surface area (Å²) in [6.45, 7) is 2.30. The summed E-state index contributed by atoms with van der Waals surface area (Å²) in [6.07, 6.45) is 0.856. The van der Waals surface area contributed by atoms with E-state index in [-0.39, 0.29) is 0 Å². The Morgan fingerprint density at radius 2 is 1.17 bits per heavy atom. The van der Waals surface area contributed by atoms with Gasteiger partial charge in [-0.15, -0.1) is 0 Å². The molecule has 0 heterocycles. The second kappa shape index (κ2) is 8.18. The van der Waals surface area contributed by atoms with E-state index in [1.54, 1.807) is 0 Å². The maximum Gasteiger partial charge on any atom is 0.0245 e. The first-order valence-corrected chi connectivity index (χ1v) is 8.48. The molecule has 3 rings (SSSR count). The molecule has 2 atom stereocenters. The zero-order valence-corrected chi connectivity index (χ0v) is 14.0. The highest BCUT2D eigenvalue weighted by Gasteiger charge is 2.19. The molecule has 118 valence electrons. The Kier molecular flexibility index (Phi) is 5.48. The molecule has 0 spiro atoms. The number of hydrogen-bond donors (Lipinski definition) is 0. The molecule has 0 unspecified atom stereocenters. The van der Waals surface area contributed by atoms with Crippen LogP contribution in [-0.2, 0) is 0 Å². The fraction of sp³-hybridized carbons (Fsp3) is 0.167. The molecular formula is C24H22. The topological polar surface area (TPSA) is 0 Å². The molecule has 0 aliphatic heterocycles. The van der Waals surface area contributed by atoms with Crippen molar-refractivity contribution in [2.75, 3.05) is 0 Å². The van der Waals surface area contributed by atoms with Gasteiger partial charge in [-0.2, -0.15) is 0 Å². The lowest BCUT2D eigenvalue weighted by Crippen LogP contribution is -2.08. The monoisotopic (exact) mass is 310 g/mol. The van der Waals surface area contributed by atoms with E-state index in [2.05, 4.69) is 91.6 Å². The maximum atomic E-state index is 3.40. The third kappa shape index (κ3) is 4.15. The lowest BCUT2D eigenvalue weighted by molar-refractivity contribution is 0.589. The molecule has 0 radical (unpaired) electrons. The standard InChI is InChI=1S/C24H22/c1-20(22-15-7-3-8-16-22)24(23-17-9-4-10-18-23)19-11-14-21-12-5-2-6-13-21/h2-10,12-13,15-18,20,24H,19H2,1H3/t20-,24-/m0/s1. The lowest BCUT2D eigenvalue weighted by atomic mass is 9.81. The quantitative estimate of drug-likeness (QED) is 0.517. The Balaban J connectivity index is 1.85. The molecule has 0 aliphatic carbocycles. The zero-order valence-electron chi connectivity index (χ0n) is 14.0. The molecule has 0 heteroatoms. The van der Waals surface area contributed by atoms with E-state index in [4.69, 9.17) is 0 Å². The summed E-state index contributed by atoms with van der Waals surface area (Å²) in [5, 5.41) is 0. The van der Waals surface area contributed by atoms with Crippen LogP contribution in [0.1, 0.15) is 41.9 Å². The van der Waals surface area contributed by atoms with Gasteiger partial charge in [-0.25, -0.2) is 0 Å². The van der Waals surface area contributed by atoms with E-state index >= 15 is 0 Å². The van der Waals surface area contributed by atoms with Crippen molar-refractivity contribution in [3.05, 3.63) is 108 Å². The summed E-state index contributed by atoms with van der Waals surface area (Å²) in [6, 6.07) is 31.7. The van der Waals surface area contributed by atoms with Gasteiger partial charge in [-0.1, -0.05) is 97.6 Å². The Morgan fingerprint density at radius 3 is 1.75 bits per heavy atom. The Bertz CT molecular complexity index is 792. The molecular weight excluding hydrogens is 288 g/mol. The molecule has 0 aliphatic rings. The van der Waals surface area contributed by atoms with Crippen LogP contribution in [0.5, 0.6) is 0 Å². The Morgan fingerprint density at radius 1 is 0.667 bits per heavy atom. The van der Waals surface area contributed by atoms with Crippen molar-refractivity contribution < 1.29 is 0 Å². The van der Waals surface area contributed by atoms with E-state index in [9.17, 15) is 0 Å². The molecule has 24 heavy (non-hydrogen) atoms.